The van der Waals surface area contributed by atoms with Crippen molar-refractivity contribution in [3.05, 3.63) is 35.9 Å². The summed E-state index contributed by atoms with van der Waals surface area (Å²) in [6.45, 7) is -0.884. The molecule has 0 bridgehead atoms. The van der Waals surface area contributed by atoms with E-state index in [1.807, 2.05) is 0 Å². The van der Waals surface area contributed by atoms with Gasteiger partial charge in [0, 0.05) is 13.1 Å². The highest BCUT2D eigenvalue weighted by molar-refractivity contribution is 6.06. The van der Waals surface area contributed by atoms with Gasteiger partial charge < -0.3 is 37.3 Å². The van der Waals surface area contributed by atoms with Crippen LogP contribution in [0.5, 0.6) is 0 Å². The quantitative estimate of drug-likeness (QED) is 0.0887. The highest BCUT2D eigenvalue weighted by Gasteiger charge is 2.38. The number of aliphatic imine (C=N–C) groups is 1. The minimum absolute atomic E-state index is 0.0648. The van der Waals surface area contributed by atoms with Gasteiger partial charge in [-0.15, -0.1) is 0 Å². The van der Waals surface area contributed by atoms with Crippen LogP contribution in [0.2, 0.25) is 0 Å². The Balaban J connectivity index is 1.78. The topological polar surface area (TPSA) is 219 Å². The molecule has 0 aromatic heterocycles. The maximum absolute atomic E-state index is 12.4. The predicted molar refractivity (Wildman–Crippen MR) is 118 cm³/mol. The molecule has 0 saturated carbocycles. The number of rotatable bonds is 12. The molecule has 1 aliphatic rings. The van der Waals surface area contributed by atoms with Gasteiger partial charge in [0.2, 0.25) is 5.91 Å². The normalized spacial score (nSPS) is 15.8. The number of alkyl carbamates (subject to hydrolysis) is 1. The molecule has 2 atom stereocenters. The summed E-state index contributed by atoms with van der Waals surface area (Å²) >= 11 is 0. The summed E-state index contributed by atoms with van der Waals surface area (Å²) in [5.41, 5.74) is 11.1. The number of carboxylic acids is 1. The van der Waals surface area contributed by atoms with Gasteiger partial charge in [0.1, 0.15) is 25.2 Å². The number of guanidine groups is 1. The van der Waals surface area contributed by atoms with E-state index in [0.717, 1.165) is 4.90 Å². The lowest BCUT2D eigenvalue weighted by Crippen LogP contribution is -2.50. The first-order valence-corrected chi connectivity index (χ1v) is 10.3. The Morgan fingerprint density at radius 2 is 1.91 bits per heavy atom. The van der Waals surface area contributed by atoms with Crippen molar-refractivity contribution < 1.29 is 33.8 Å². The highest BCUT2D eigenvalue weighted by Crippen LogP contribution is 2.11. The maximum atomic E-state index is 12.4. The first-order valence-electron chi connectivity index (χ1n) is 10.3. The van der Waals surface area contributed by atoms with Crippen LogP contribution in [-0.4, -0.2) is 77.6 Å². The van der Waals surface area contributed by atoms with E-state index in [0.29, 0.717) is 12.0 Å². The Kier molecular flexibility index (Phi) is 9.61. The van der Waals surface area contributed by atoms with Crippen LogP contribution in [0, 0.1) is 0 Å². The van der Waals surface area contributed by atoms with Crippen LogP contribution in [0.4, 0.5) is 9.59 Å². The number of nitrogens with zero attached hydrogens (tertiary/aromatic N) is 2. The van der Waals surface area contributed by atoms with Crippen molar-refractivity contribution in [2.45, 2.75) is 31.5 Å². The number of aliphatic carboxylic acids is 1. The monoisotopic (exact) mass is 477 g/mol. The Bertz CT molecular complexity index is 934. The Morgan fingerprint density at radius 1 is 1.21 bits per heavy atom. The minimum Gasteiger partial charge on any atom is -0.480 e. The molecular weight excluding hydrogens is 450 g/mol. The summed E-state index contributed by atoms with van der Waals surface area (Å²) in [6, 6.07) is 5.71. The molecule has 1 aromatic rings. The van der Waals surface area contributed by atoms with E-state index in [4.69, 9.17) is 16.2 Å². The zero-order chi connectivity index (χ0) is 25.1. The van der Waals surface area contributed by atoms with Gasteiger partial charge in [-0.25, -0.2) is 14.4 Å². The number of benzene rings is 1. The zero-order valence-electron chi connectivity index (χ0n) is 18.2. The van der Waals surface area contributed by atoms with Gasteiger partial charge in [-0.2, -0.15) is 0 Å². The first kappa shape index (κ1) is 25.9. The van der Waals surface area contributed by atoms with Crippen molar-refractivity contribution in [1.82, 2.24) is 20.9 Å². The number of ether oxygens (including phenoxy) is 1. The summed E-state index contributed by atoms with van der Waals surface area (Å²) in [7, 11) is 0. The molecule has 0 aliphatic carbocycles. The molecular formula is C20H27N7O7. The summed E-state index contributed by atoms with van der Waals surface area (Å²) in [5.74, 6) is -2.87. The fourth-order valence-electron chi connectivity index (χ4n) is 2.95. The van der Waals surface area contributed by atoms with Crippen LogP contribution in [0.15, 0.2) is 35.3 Å². The lowest BCUT2D eigenvalue weighted by Gasteiger charge is -2.17. The number of imide groups is 1. The molecule has 1 saturated heterocycles. The lowest BCUT2D eigenvalue weighted by atomic mass is 10.1. The number of urea groups is 1. The number of nitrogens with one attached hydrogen (secondary N) is 3. The molecule has 184 valence electrons. The zero-order valence-corrected chi connectivity index (χ0v) is 18.2. The fourth-order valence-corrected chi connectivity index (χ4v) is 2.95. The number of amides is 5. The third kappa shape index (κ3) is 8.29. The van der Waals surface area contributed by atoms with Crippen molar-refractivity contribution in [1.29, 1.82) is 0 Å². The van der Waals surface area contributed by atoms with E-state index >= 15 is 0 Å². The minimum atomic E-state index is -1.49. The Morgan fingerprint density at radius 3 is 2.56 bits per heavy atom. The number of carbonyl (C=O) groups excluding carboxylic acids is 4. The average molecular weight is 477 g/mol. The number of carbonyl (C=O) groups is 5. The SMILES string of the molecule is NC(N)=NCCC[C@@H]1NC(=O)N(CC(=O)NC[C@H](NC(=O)OCc2ccccc2)C(=O)O)C1=O. The van der Waals surface area contributed by atoms with Crippen LogP contribution in [-0.2, 0) is 25.7 Å². The molecule has 0 unspecified atom stereocenters. The lowest BCUT2D eigenvalue weighted by molar-refractivity contribution is -0.139. The highest BCUT2D eigenvalue weighted by atomic mass is 16.5. The van der Waals surface area contributed by atoms with Crippen molar-refractivity contribution in [3.63, 3.8) is 0 Å². The molecule has 8 N–H and O–H groups in total. The molecule has 34 heavy (non-hydrogen) atoms. The van der Waals surface area contributed by atoms with E-state index in [-0.39, 0.29) is 25.5 Å². The van der Waals surface area contributed by atoms with Gasteiger partial charge in [0.15, 0.2) is 5.96 Å². The van der Waals surface area contributed by atoms with Gasteiger partial charge in [-0.05, 0) is 18.4 Å². The van der Waals surface area contributed by atoms with E-state index < -0.39 is 55.1 Å². The Labute approximate surface area is 194 Å². The smallest absolute Gasteiger partial charge is 0.408 e. The molecule has 2 rings (SSSR count). The summed E-state index contributed by atoms with van der Waals surface area (Å²) in [5, 5.41) is 16.2. The molecule has 14 nitrogen and oxygen atoms in total. The summed E-state index contributed by atoms with van der Waals surface area (Å²) in [6.07, 6.45) is -0.278. The number of carboxylic acid groups (broad SMARTS) is 1. The van der Waals surface area contributed by atoms with E-state index in [1.165, 1.54) is 0 Å². The third-order valence-electron chi connectivity index (χ3n) is 4.66. The molecule has 5 amide bonds. The van der Waals surface area contributed by atoms with Crippen molar-refractivity contribution in [3.8, 4) is 0 Å². The molecule has 14 heteroatoms. The predicted octanol–water partition coefficient (Wildman–Crippen LogP) is -1.54. The van der Waals surface area contributed by atoms with Crippen LogP contribution < -0.4 is 27.4 Å². The second kappa shape index (κ2) is 12.6. The van der Waals surface area contributed by atoms with E-state index in [9.17, 15) is 29.1 Å². The van der Waals surface area contributed by atoms with Gasteiger partial charge in [-0.1, -0.05) is 30.3 Å². The first-order chi connectivity index (χ1) is 16.2. The molecule has 1 fully saturated rings. The number of nitrogens with two attached hydrogens (primary N) is 2. The second-order valence-corrected chi connectivity index (χ2v) is 7.28. The van der Waals surface area contributed by atoms with Gasteiger partial charge in [0.05, 0.1) is 0 Å². The van der Waals surface area contributed by atoms with E-state index in [1.54, 1.807) is 30.3 Å². The van der Waals surface area contributed by atoms with Gasteiger partial charge >= 0.3 is 18.1 Å². The second-order valence-electron chi connectivity index (χ2n) is 7.28. The van der Waals surface area contributed by atoms with Crippen LogP contribution >= 0.6 is 0 Å². The Hall–Kier alpha value is -4.36. The number of hydrogen-bond donors (Lipinski definition) is 6. The molecule has 0 radical (unpaired) electrons. The largest absolute Gasteiger partial charge is 0.480 e. The number of hydrogen-bond acceptors (Lipinski definition) is 7. The van der Waals surface area contributed by atoms with Crippen molar-refractivity contribution in [2.24, 2.45) is 16.5 Å². The maximum Gasteiger partial charge on any atom is 0.408 e. The van der Waals surface area contributed by atoms with E-state index in [2.05, 4.69) is 20.9 Å². The van der Waals surface area contributed by atoms with Gasteiger partial charge in [0.25, 0.3) is 5.91 Å². The van der Waals surface area contributed by atoms with Crippen molar-refractivity contribution in [2.75, 3.05) is 19.6 Å². The molecule has 1 heterocycles. The van der Waals surface area contributed by atoms with Crippen molar-refractivity contribution >= 4 is 35.9 Å². The van der Waals surface area contributed by atoms with Gasteiger partial charge in [-0.3, -0.25) is 19.5 Å². The third-order valence-corrected chi connectivity index (χ3v) is 4.66. The summed E-state index contributed by atoms with van der Waals surface area (Å²) in [4.78, 5) is 64.4. The fraction of sp³-hybridized carbons (Fsp3) is 0.400. The van der Waals surface area contributed by atoms with Crippen LogP contribution in [0.3, 0.4) is 0 Å². The van der Waals surface area contributed by atoms with Crippen LogP contribution in [0.25, 0.3) is 0 Å². The average Bonchev–Trinajstić information content (AvgIpc) is 3.06. The molecule has 1 aromatic carbocycles. The standard InChI is InChI=1S/C20H27N7O7/c21-18(22)23-8-4-7-13-16(29)27(19(32)25-13)10-15(28)24-9-14(17(30)31)26-20(33)34-11-12-5-2-1-3-6-12/h1-3,5-6,13-14H,4,7-11H2,(H,24,28)(H,25,32)(H,26,33)(H,30,31)(H4,21,22,23)/t13-,14-/m0/s1. The molecule has 1 aliphatic heterocycles. The molecule has 0 spiro atoms. The van der Waals surface area contributed by atoms with Crippen LogP contribution in [0.1, 0.15) is 18.4 Å². The summed E-state index contributed by atoms with van der Waals surface area (Å²) < 4.78 is 4.96.